The number of fused-ring (bicyclic) bond motifs is 1. The number of hydrogen-bond donors (Lipinski definition) is 4. The summed E-state index contributed by atoms with van der Waals surface area (Å²) in [6.07, 6.45) is 2.30. The Balaban J connectivity index is 1.30. The first-order valence-corrected chi connectivity index (χ1v) is 11.4. The van der Waals surface area contributed by atoms with E-state index in [1.165, 1.54) is 0 Å². The van der Waals surface area contributed by atoms with Crippen LogP contribution in [0.5, 0.6) is 0 Å². The molecule has 1 aromatic heterocycles. The molecule has 0 spiro atoms. The van der Waals surface area contributed by atoms with Gasteiger partial charge in [0.2, 0.25) is 5.95 Å². The van der Waals surface area contributed by atoms with Crippen molar-refractivity contribution in [2.45, 2.75) is 25.4 Å². The number of rotatable bonds is 6. The third kappa shape index (κ3) is 4.54. The van der Waals surface area contributed by atoms with Gasteiger partial charge < -0.3 is 26.3 Å². The summed E-state index contributed by atoms with van der Waals surface area (Å²) in [7, 11) is 0. The average Bonchev–Trinajstić information content (AvgIpc) is 3.23. The van der Waals surface area contributed by atoms with Crippen LogP contribution in [0.4, 0.5) is 17.3 Å². The Hall–Kier alpha value is -3.84. The fourth-order valence-electron chi connectivity index (χ4n) is 4.35. The van der Waals surface area contributed by atoms with E-state index in [1.54, 1.807) is 12.1 Å². The summed E-state index contributed by atoms with van der Waals surface area (Å²) in [6, 6.07) is 23.5. The molecule has 1 fully saturated rings. The smallest absolute Gasteiger partial charge is 0.255 e. The standard InChI is InChI=1S/C26H28N6O/c27-21-7-1-2-8-22(21)30-25(33)19-13-11-18(12-14-19)16-29-26-31-23-9-3-4-10-24(23)32(26)20-6-5-15-28-17-20/h1-4,7-14,20,28H,5-6,15-17,27H2,(H,29,31)(H,30,33). The van der Waals surface area contributed by atoms with Crippen molar-refractivity contribution in [3.05, 3.63) is 83.9 Å². The molecular weight excluding hydrogens is 412 g/mol. The van der Waals surface area contributed by atoms with Gasteiger partial charge in [0.15, 0.2) is 0 Å². The average molecular weight is 441 g/mol. The van der Waals surface area contributed by atoms with E-state index in [1.807, 2.05) is 42.5 Å². The molecule has 0 saturated carbocycles. The number of nitrogen functional groups attached to an aromatic ring is 1. The second kappa shape index (κ2) is 9.34. The predicted octanol–water partition coefficient (Wildman–Crippen LogP) is 4.41. The molecule has 0 radical (unpaired) electrons. The Morgan fingerprint density at radius 1 is 1.06 bits per heavy atom. The summed E-state index contributed by atoms with van der Waals surface area (Å²) in [6.45, 7) is 2.64. The summed E-state index contributed by atoms with van der Waals surface area (Å²) < 4.78 is 2.33. The molecule has 2 heterocycles. The monoisotopic (exact) mass is 440 g/mol. The fourth-order valence-corrected chi connectivity index (χ4v) is 4.35. The van der Waals surface area contributed by atoms with Gasteiger partial charge >= 0.3 is 0 Å². The number of hydrogen-bond acceptors (Lipinski definition) is 5. The minimum absolute atomic E-state index is 0.181. The number of benzene rings is 3. The van der Waals surface area contributed by atoms with Gasteiger partial charge in [0.1, 0.15) is 0 Å². The summed E-state index contributed by atoms with van der Waals surface area (Å²) >= 11 is 0. The zero-order valence-electron chi connectivity index (χ0n) is 18.4. The van der Waals surface area contributed by atoms with Crippen molar-refractivity contribution in [1.82, 2.24) is 14.9 Å². The maximum atomic E-state index is 12.6. The third-order valence-corrected chi connectivity index (χ3v) is 6.11. The van der Waals surface area contributed by atoms with E-state index in [4.69, 9.17) is 10.7 Å². The Bertz CT molecular complexity index is 1260. The molecule has 5 N–H and O–H groups in total. The molecule has 1 amide bonds. The molecule has 1 aliphatic heterocycles. The van der Waals surface area contributed by atoms with Gasteiger partial charge in [-0.15, -0.1) is 0 Å². The lowest BCUT2D eigenvalue weighted by Crippen LogP contribution is -2.32. The van der Waals surface area contributed by atoms with Crippen LogP contribution in [0.1, 0.15) is 34.8 Å². The number of carbonyl (C=O) groups is 1. The van der Waals surface area contributed by atoms with E-state index >= 15 is 0 Å². The van der Waals surface area contributed by atoms with Gasteiger partial charge in [-0.3, -0.25) is 4.79 Å². The highest BCUT2D eigenvalue weighted by atomic mass is 16.1. The maximum absolute atomic E-state index is 12.6. The minimum Gasteiger partial charge on any atom is -0.397 e. The van der Waals surface area contributed by atoms with Crippen LogP contribution in [0.25, 0.3) is 11.0 Å². The van der Waals surface area contributed by atoms with Crippen LogP contribution in [-0.2, 0) is 6.54 Å². The van der Waals surface area contributed by atoms with Crippen LogP contribution in [0.2, 0.25) is 0 Å². The molecule has 0 aliphatic carbocycles. The summed E-state index contributed by atoms with van der Waals surface area (Å²) in [5.74, 6) is 0.699. The van der Waals surface area contributed by atoms with Crippen LogP contribution < -0.4 is 21.7 Å². The molecule has 1 atom stereocenters. The number of para-hydroxylation sites is 4. The molecular formula is C26H28N6O. The zero-order valence-corrected chi connectivity index (χ0v) is 18.4. The molecule has 7 heteroatoms. The highest BCUT2D eigenvalue weighted by Gasteiger charge is 2.21. The Kier molecular flexibility index (Phi) is 5.95. The SMILES string of the molecule is Nc1ccccc1NC(=O)c1ccc(CNc2nc3ccccc3n2C2CCCNC2)cc1. The first kappa shape index (κ1) is 21.0. The van der Waals surface area contributed by atoms with Gasteiger partial charge in [-0.05, 0) is 61.3 Å². The van der Waals surface area contributed by atoms with Crippen molar-refractivity contribution in [1.29, 1.82) is 0 Å². The lowest BCUT2D eigenvalue weighted by molar-refractivity contribution is 0.102. The van der Waals surface area contributed by atoms with E-state index in [0.29, 0.717) is 29.5 Å². The summed E-state index contributed by atoms with van der Waals surface area (Å²) in [4.78, 5) is 17.4. The molecule has 33 heavy (non-hydrogen) atoms. The molecule has 1 aliphatic rings. The van der Waals surface area contributed by atoms with Gasteiger partial charge in [-0.25, -0.2) is 4.98 Å². The topological polar surface area (TPSA) is 97.0 Å². The quantitative estimate of drug-likeness (QED) is 0.333. The van der Waals surface area contributed by atoms with Crippen molar-refractivity contribution < 1.29 is 4.79 Å². The molecule has 4 aromatic rings. The van der Waals surface area contributed by atoms with Crippen molar-refractivity contribution in [3.8, 4) is 0 Å². The van der Waals surface area contributed by atoms with Crippen LogP contribution in [0.15, 0.2) is 72.8 Å². The second-order valence-electron chi connectivity index (χ2n) is 8.39. The second-order valence-corrected chi connectivity index (χ2v) is 8.39. The van der Waals surface area contributed by atoms with Crippen molar-refractivity contribution >= 4 is 34.3 Å². The van der Waals surface area contributed by atoms with E-state index in [-0.39, 0.29) is 5.91 Å². The number of carbonyl (C=O) groups excluding carboxylic acids is 1. The van der Waals surface area contributed by atoms with Gasteiger partial charge in [0.25, 0.3) is 5.91 Å². The lowest BCUT2D eigenvalue weighted by Gasteiger charge is -2.26. The molecule has 7 nitrogen and oxygen atoms in total. The van der Waals surface area contributed by atoms with Gasteiger partial charge in [0, 0.05) is 24.7 Å². The lowest BCUT2D eigenvalue weighted by atomic mass is 10.1. The number of imidazole rings is 1. The zero-order chi connectivity index (χ0) is 22.6. The van der Waals surface area contributed by atoms with Gasteiger partial charge in [-0.1, -0.05) is 36.4 Å². The van der Waals surface area contributed by atoms with Crippen LogP contribution in [0, 0.1) is 0 Å². The van der Waals surface area contributed by atoms with E-state index in [2.05, 4.69) is 38.7 Å². The first-order chi connectivity index (χ1) is 16.2. The number of piperidine rings is 1. The third-order valence-electron chi connectivity index (χ3n) is 6.11. The Morgan fingerprint density at radius 2 is 1.85 bits per heavy atom. The Morgan fingerprint density at radius 3 is 2.64 bits per heavy atom. The summed E-state index contributed by atoms with van der Waals surface area (Å²) in [5.41, 5.74) is 10.9. The molecule has 168 valence electrons. The summed E-state index contributed by atoms with van der Waals surface area (Å²) in [5, 5.41) is 9.89. The van der Waals surface area contributed by atoms with Crippen LogP contribution >= 0.6 is 0 Å². The maximum Gasteiger partial charge on any atom is 0.255 e. The van der Waals surface area contributed by atoms with Crippen LogP contribution in [0.3, 0.4) is 0 Å². The minimum atomic E-state index is -0.181. The first-order valence-electron chi connectivity index (χ1n) is 11.4. The fraction of sp³-hybridized carbons (Fsp3) is 0.231. The van der Waals surface area contributed by atoms with E-state index in [9.17, 15) is 4.79 Å². The number of nitrogens with one attached hydrogen (secondary N) is 3. The molecule has 1 saturated heterocycles. The molecule has 0 bridgehead atoms. The molecule has 5 rings (SSSR count). The van der Waals surface area contributed by atoms with Crippen molar-refractivity contribution in [3.63, 3.8) is 0 Å². The van der Waals surface area contributed by atoms with Crippen molar-refractivity contribution in [2.24, 2.45) is 0 Å². The van der Waals surface area contributed by atoms with Gasteiger partial charge in [0.05, 0.1) is 22.4 Å². The molecule has 1 unspecified atom stereocenters. The number of anilines is 3. The largest absolute Gasteiger partial charge is 0.397 e. The van der Waals surface area contributed by atoms with E-state index in [0.717, 1.165) is 48.5 Å². The number of nitrogens with two attached hydrogens (primary N) is 1. The van der Waals surface area contributed by atoms with Gasteiger partial charge in [-0.2, -0.15) is 0 Å². The Labute approximate surface area is 193 Å². The number of nitrogens with zero attached hydrogens (tertiary/aromatic N) is 2. The van der Waals surface area contributed by atoms with Crippen molar-refractivity contribution in [2.75, 3.05) is 29.5 Å². The molecule has 3 aromatic carbocycles. The van der Waals surface area contributed by atoms with E-state index < -0.39 is 0 Å². The normalized spacial score (nSPS) is 15.9. The van der Waals surface area contributed by atoms with Crippen LogP contribution in [-0.4, -0.2) is 28.5 Å². The predicted molar refractivity (Wildman–Crippen MR) is 133 cm³/mol. The number of aromatic nitrogens is 2. The highest BCUT2D eigenvalue weighted by molar-refractivity contribution is 6.05. The number of amides is 1. The highest BCUT2D eigenvalue weighted by Crippen LogP contribution is 2.28.